The van der Waals surface area contributed by atoms with E-state index in [-0.39, 0.29) is 5.91 Å². The third-order valence-corrected chi connectivity index (χ3v) is 2.15. The number of nitrogens with two attached hydrogens (primary N) is 1. The summed E-state index contributed by atoms with van der Waals surface area (Å²) in [5.74, 6) is -0.382. The summed E-state index contributed by atoms with van der Waals surface area (Å²) in [4.78, 5) is 11.1. The number of carbonyl (C=O) groups excluding carboxylic acids is 1. The number of hydrogen-bond donors (Lipinski definition) is 1. The van der Waals surface area contributed by atoms with Gasteiger partial charge in [0, 0.05) is 12.4 Å². The predicted octanol–water partition coefficient (Wildman–Crippen LogP) is 1.35. The van der Waals surface area contributed by atoms with Crippen molar-refractivity contribution >= 4 is 11.4 Å². The Morgan fingerprint density at radius 1 is 1.38 bits per heavy atom. The fraction of sp³-hybridized carbons (Fsp3) is 0.100. The minimum absolute atomic E-state index is 0.382. The molecule has 0 saturated carbocycles. The van der Waals surface area contributed by atoms with Gasteiger partial charge in [-0.2, -0.15) is 0 Å². The second kappa shape index (κ2) is 2.62. The summed E-state index contributed by atoms with van der Waals surface area (Å²) in [5, 5.41) is 0. The van der Waals surface area contributed by atoms with Crippen LogP contribution >= 0.6 is 0 Å². The lowest BCUT2D eigenvalue weighted by Gasteiger charge is -2.01. The largest absolute Gasteiger partial charge is 0.366 e. The molecule has 2 rings (SSSR count). The standard InChI is InChI=1S/C10H10N2O/c1-7-4-6-12-5-2-3-8(9(7)12)10(11)13/h2-6H,1H3,(H2,11,13). The van der Waals surface area contributed by atoms with Crippen molar-refractivity contribution in [3.8, 4) is 0 Å². The van der Waals surface area contributed by atoms with Crippen LogP contribution < -0.4 is 5.73 Å². The van der Waals surface area contributed by atoms with Crippen molar-refractivity contribution in [1.82, 2.24) is 4.40 Å². The zero-order valence-corrected chi connectivity index (χ0v) is 7.32. The summed E-state index contributed by atoms with van der Waals surface area (Å²) < 4.78 is 1.90. The number of aromatic nitrogens is 1. The van der Waals surface area contributed by atoms with Crippen molar-refractivity contribution in [2.45, 2.75) is 6.92 Å². The van der Waals surface area contributed by atoms with Crippen LogP contribution in [0.15, 0.2) is 30.6 Å². The molecule has 2 N–H and O–H groups in total. The number of hydrogen-bond acceptors (Lipinski definition) is 1. The molecule has 0 unspecified atom stereocenters. The molecule has 2 heterocycles. The molecule has 0 aliphatic carbocycles. The average molecular weight is 174 g/mol. The van der Waals surface area contributed by atoms with E-state index in [1.807, 2.05) is 35.9 Å². The first-order valence-corrected chi connectivity index (χ1v) is 4.06. The normalized spacial score (nSPS) is 10.5. The number of nitrogens with zero attached hydrogens (tertiary/aromatic N) is 1. The van der Waals surface area contributed by atoms with Crippen LogP contribution in [-0.2, 0) is 0 Å². The third kappa shape index (κ3) is 1.09. The molecule has 0 fully saturated rings. The second-order valence-electron chi connectivity index (χ2n) is 3.04. The maximum absolute atomic E-state index is 11.1. The monoisotopic (exact) mass is 174 g/mol. The van der Waals surface area contributed by atoms with Crippen LogP contribution in [0.5, 0.6) is 0 Å². The molecular formula is C10H10N2O. The number of primary amides is 1. The molecule has 2 aromatic heterocycles. The van der Waals surface area contributed by atoms with Crippen molar-refractivity contribution in [3.63, 3.8) is 0 Å². The van der Waals surface area contributed by atoms with Crippen molar-refractivity contribution in [2.24, 2.45) is 5.73 Å². The van der Waals surface area contributed by atoms with Gasteiger partial charge in [0.2, 0.25) is 0 Å². The lowest BCUT2D eigenvalue weighted by atomic mass is 10.1. The van der Waals surface area contributed by atoms with E-state index in [4.69, 9.17) is 5.73 Å². The summed E-state index contributed by atoms with van der Waals surface area (Å²) in [5.41, 5.74) is 7.79. The van der Waals surface area contributed by atoms with E-state index in [9.17, 15) is 4.79 Å². The summed E-state index contributed by atoms with van der Waals surface area (Å²) in [6, 6.07) is 5.51. The van der Waals surface area contributed by atoms with E-state index >= 15 is 0 Å². The minimum Gasteiger partial charge on any atom is -0.366 e. The van der Waals surface area contributed by atoms with Gasteiger partial charge in [-0.15, -0.1) is 0 Å². The molecule has 0 spiro atoms. The molecule has 0 aromatic carbocycles. The Labute approximate surface area is 75.8 Å². The molecule has 1 amide bonds. The highest BCUT2D eigenvalue weighted by Gasteiger charge is 2.07. The van der Waals surface area contributed by atoms with E-state index in [0.717, 1.165) is 11.1 Å². The number of aryl methyl sites for hydroxylation is 1. The summed E-state index contributed by atoms with van der Waals surface area (Å²) >= 11 is 0. The van der Waals surface area contributed by atoms with E-state index in [1.54, 1.807) is 6.07 Å². The highest BCUT2D eigenvalue weighted by Crippen LogP contribution is 2.15. The lowest BCUT2D eigenvalue weighted by Crippen LogP contribution is -2.12. The summed E-state index contributed by atoms with van der Waals surface area (Å²) in [6.07, 6.45) is 3.81. The zero-order valence-electron chi connectivity index (χ0n) is 7.32. The molecule has 0 radical (unpaired) electrons. The number of fused-ring (bicyclic) bond motifs is 1. The Kier molecular flexibility index (Phi) is 1.59. The molecule has 3 heteroatoms. The Morgan fingerprint density at radius 2 is 2.15 bits per heavy atom. The van der Waals surface area contributed by atoms with E-state index in [2.05, 4.69) is 0 Å². The number of rotatable bonds is 1. The van der Waals surface area contributed by atoms with Gasteiger partial charge in [0.05, 0.1) is 11.1 Å². The molecule has 0 aliphatic heterocycles. The van der Waals surface area contributed by atoms with Crippen LogP contribution in [0, 0.1) is 6.92 Å². The van der Waals surface area contributed by atoms with Gasteiger partial charge in [-0.1, -0.05) is 0 Å². The quantitative estimate of drug-likeness (QED) is 0.696. The minimum atomic E-state index is -0.382. The molecule has 0 atom stereocenters. The van der Waals surface area contributed by atoms with Gasteiger partial charge >= 0.3 is 0 Å². The van der Waals surface area contributed by atoms with E-state index in [0.29, 0.717) is 5.56 Å². The average Bonchev–Trinajstić information content (AvgIpc) is 2.48. The van der Waals surface area contributed by atoms with Gasteiger partial charge in [-0.25, -0.2) is 0 Å². The molecule has 13 heavy (non-hydrogen) atoms. The fourth-order valence-electron chi connectivity index (χ4n) is 1.53. The van der Waals surface area contributed by atoms with Crippen molar-refractivity contribution < 1.29 is 4.79 Å². The van der Waals surface area contributed by atoms with Crippen LogP contribution in [0.2, 0.25) is 0 Å². The highest BCUT2D eigenvalue weighted by atomic mass is 16.1. The first kappa shape index (κ1) is 7.86. The van der Waals surface area contributed by atoms with Gasteiger partial charge < -0.3 is 10.1 Å². The Morgan fingerprint density at radius 3 is 2.85 bits per heavy atom. The SMILES string of the molecule is Cc1ccn2cccc(C(N)=O)c12. The predicted molar refractivity (Wildman–Crippen MR) is 50.7 cm³/mol. The maximum atomic E-state index is 11.1. The lowest BCUT2D eigenvalue weighted by molar-refractivity contribution is 0.100. The molecule has 2 aromatic rings. The van der Waals surface area contributed by atoms with Crippen LogP contribution in [-0.4, -0.2) is 10.3 Å². The summed E-state index contributed by atoms with van der Waals surface area (Å²) in [6.45, 7) is 1.96. The van der Waals surface area contributed by atoms with Gasteiger partial charge in [-0.05, 0) is 30.7 Å². The molecule has 66 valence electrons. The number of pyridine rings is 1. The van der Waals surface area contributed by atoms with Gasteiger partial charge in [0.1, 0.15) is 0 Å². The van der Waals surface area contributed by atoms with Gasteiger partial charge in [0.25, 0.3) is 5.91 Å². The number of carbonyl (C=O) groups is 1. The number of amides is 1. The molecule has 0 aliphatic rings. The molecule has 0 bridgehead atoms. The van der Waals surface area contributed by atoms with Gasteiger partial charge in [-0.3, -0.25) is 4.79 Å². The third-order valence-electron chi connectivity index (χ3n) is 2.15. The Bertz CT molecular complexity index is 471. The van der Waals surface area contributed by atoms with Crippen LogP contribution in [0.4, 0.5) is 0 Å². The summed E-state index contributed by atoms with van der Waals surface area (Å²) in [7, 11) is 0. The second-order valence-corrected chi connectivity index (χ2v) is 3.04. The molecule has 3 nitrogen and oxygen atoms in total. The molecular weight excluding hydrogens is 164 g/mol. The zero-order chi connectivity index (χ0) is 9.42. The highest BCUT2D eigenvalue weighted by molar-refractivity contribution is 6.00. The van der Waals surface area contributed by atoms with Crippen LogP contribution in [0.25, 0.3) is 5.52 Å². The van der Waals surface area contributed by atoms with Crippen molar-refractivity contribution in [1.29, 1.82) is 0 Å². The smallest absolute Gasteiger partial charge is 0.250 e. The van der Waals surface area contributed by atoms with E-state index < -0.39 is 0 Å². The molecule has 0 saturated heterocycles. The Hall–Kier alpha value is -1.77. The van der Waals surface area contributed by atoms with Crippen molar-refractivity contribution in [3.05, 3.63) is 41.7 Å². The van der Waals surface area contributed by atoms with Crippen molar-refractivity contribution in [2.75, 3.05) is 0 Å². The topological polar surface area (TPSA) is 47.5 Å². The first-order chi connectivity index (χ1) is 6.20. The van der Waals surface area contributed by atoms with Gasteiger partial charge in [0.15, 0.2) is 0 Å². The maximum Gasteiger partial charge on any atom is 0.250 e. The fourth-order valence-corrected chi connectivity index (χ4v) is 1.53. The Balaban J connectivity index is 2.88. The van der Waals surface area contributed by atoms with Crippen LogP contribution in [0.1, 0.15) is 15.9 Å². The first-order valence-electron chi connectivity index (χ1n) is 4.06. The van der Waals surface area contributed by atoms with E-state index in [1.165, 1.54) is 0 Å². The van der Waals surface area contributed by atoms with Crippen LogP contribution in [0.3, 0.4) is 0 Å².